The maximum absolute atomic E-state index is 11.4. The molecule has 4 N–H and O–H groups in total. The van der Waals surface area contributed by atoms with Crippen LogP contribution in [0.4, 0.5) is 0 Å². The van der Waals surface area contributed by atoms with Crippen molar-refractivity contribution in [2.24, 2.45) is 11.7 Å². The second-order valence-electron chi connectivity index (χ2n) is 4.16. The molecule has 0 aliphatic heterocycles. The molecule has 15 heavy (non-hydrogen) atoms. The standard InChI is InChI=1S/C10H21N3O2/c1-6(2)5-12-10(15)8(4)13-9(14)7(3)11/h6-8H,5,11H2,1-4H3,(H,12,15)(H,13,14). The van der Waals surface area contributed by atoms with Gasteiger partial charge in [-0.25, -0.2) is 0 Å². The molecule has 0 fully saturated rings. The van der Waals surface area contributed by atoms with Crippen LogP contribution >= 0.6 is 0 Å². The number of nitrogens with one attached hydrogen (secondary N) is 2. The maximum atomic E-state index is 11.4. The van der Waals surface area contributed by atoms with E-state index in [2.05, 4.69) is 10.6 Å². The highest BCUT2D eigenvalue weighted by Crippen LogP contribution is 1.89. The topological polar surface area (TPSA) is 84.2 Å². The first-order valence-electron chi connectivity index (χ1n) is 5.18. The van der Waals surface area contributed by atoms with Crippen LogP contribution in [-0.2, 0) is 9.59 Å². The van der Waals surface area contributed by atoms with Crippen LogP contribution in [0.5, 0.6) is 0 Å². The van der Waals surface area contributed by atoms with E-state index in [-0.39, 0.29) is 11.8 Å². The van der Waals surface area contributed by atoms with Crippen molar-refractivity contribution >= 4 is 11.8 Å². The summed E-state index contributed by atoms with van der Waals surface area (Å²) in [4.78, 5) is 22.6. The molecule has 0 bridgehead atoms. The van der Waals surface area contributed by atoms with Crippen molar-refractivity contribution in [3.05, 3.63) is 0 Å². The summed E-state index contributed by atoms with van der Waals surface area (Å²) in [7, 11) is 0. The van der Waals surface area contributed by atoms with Crippen LogP contribution in [0, 0.1) is 5.92 Å². The molecule has 5 nitrogen and oxygen atoms in total. The third-order valence-electron chi connectivity index (χ3n) is 1.85. The van der Waals surface area contributed by atoms with E-state index >= 15 is 0 Å². The fraction of sp³-hybridized carbons (Fsp3) is 0.800. The van der Waals surface area contributed by atoms with E-state index in [4.69, 9.17) is 5.73 Å². The number of hydrogen-bond acceptors (Lipinski definition) is 3. The van der Waals surface area contributed by atoms with Crippen molar-refractivity contribution in [3.8, 4) is 0 Å². The van der Waals surface area contributed by atoms with Crippen molar-refractivity contribution in [1.82, 2.24) is 10.6 Å². The smallest absolute Gasteiger partial charge is 0.242 e. The summed E-state index contributed by atoms with van der Waals surface area (Å²) in [5, 5.41) is 5.26. The monoisotopic (exact) mass is 215 g/mol. The molecule has 0 aliphatic rings. The molecular formula is C10H21N3O2. The molecule has 0 aliphatic carbocycles. The average Bonchev–Trinajstić information content (AvgIpc) is 2.13. The summed E-state index contributed by atoms with van der Waals surface area (Å²) in [5.41, 5.74) is 5.36. The van der Waals surface area contributed by atoms with E-state index in [1.54, 1.807) is 13.8 Å². The van der Waals surface area contributed by atoms with Crippen LogP contribution in [0.1, 0.15) is 27.7 Å². The largest absolute Gasteiger partial charge is 0.354 e. The molecule has 0 spiro atoms. The van der Waals surface area contributed by atoms with Crippen molar-refractivity contribution in [3.63, 3.8) is 0 Å². The minimum absolute atomic E-state index is 0.183. The van der Waals surface area contributed by atoms with Crippen LogP contribution in [-0.4, -0.2) is 30.4 Å². The maximum Gasteiger partial charge on any atom is 0.242 e. The Labute approximate surface area is 90.8 Å². The Hall–Kier alpha value is -1.10. The second-order valence-corrected chi connectivity index (χ2v) is 4.16. The van der Waals surface area contributed by atoms with Gasteiger partial charge in [0.15, 0.2) is 0 Å². The molecule has 0 saturated heterocycles. The van der Waals surface area contributed by atoms with Crippen LogP contribution in [0.15, 0.2) is 0 Å². The zero-order valence-electron chi connectivity index (χ0n) is 9.83. The molecule has 0 aromatic carbocycles. The summed E-state index contributed by atoms with van der Waals surface area (Å²) in [5.74, 6) is -0.106. The molecule has 2 unspecified atom stereocenters. The summed E-state index contributed by atoms with van der Waals surface area (Å²) in [6.07, 6.45) is 0. The Kier molecular flexibility index (Phi) is 5.93. The van der Waals surface area contributed by atoms with E-state index in [1.165, 1.54) is 0 Å². The number of amides is 2. The lowest BCUT2D eigenvalue weighted by atomic mass is 10.2. The Balaban J connectivity index is 3.94. The van der Waals surface area contributed by atoms with E-state index < -0.39 is 12.1 Å². The van der Waals surface area contributed by atoms with Gasteiger partial charge in [0.25, 0.3) is 0 Å². The van der Waals surface area contributed by atoms with Gasteiger partial charge in [-0.15, -0.1) is 0 Å². The van der Waals surface area contributed by atoms with E-state index in [0.29, 0.717) is 12.5 Å². The van der Waals surface area contributed by atoms with Crippen LogP contribution in [0.2, 0.25) is 0 Å². The first-order chi connectivity index (χ1) is 6.84. The first-order valence-corrected chi connectivity index (χ1v) is 5.18. The number of hydrogen-bond donors (Lipinski definition) is 3. The molecule has 2 amide bonds. The van der Waals surface area contributed by atoms with Crippen molar-refractivity contribution in [2.75, 3.05) is 6.54 Å². The summed E-state index contributed by atoms with van der Waals surface area (Å²) in [6, 6.07) is -1.13. The number of rotatable bonds is 5. The zero-order valence-corrected chi connectivity index (χ0v) is 9.83. The average molecular weight is 215 g/mol. The van der Waals surface area contributed by atoms with Gasteiger partial charge < -0.3 is 16.4 Å². The SMILES string of the molecule is CC(C)CNC(=O)C(C)NC(=O)C(C)N. The third-order valence-corrected chi connectivity index (χ3v) is 1.85. The fourth-order valence-corrected chi connectivity index (χ4v) is 0.868. The van der Waals surface area contributed by atoms with Gasteiger partial charge in [0.1, 0.15) is 6.04 Å². The van der Waals surface area contributed by atoms with Crippen molar-refractivity contribution in [2.45, 2.75) is 39.8 Å². The highest BCUT2D eigenvalue weighted by atomic mass is 16.2. The molecule has 2 atom stereocenters. The molecular weight excluding hydrogens is 194 g/mol. The lowest BCUT2D eigenvalue weighted by molar-refractivity contribution is -0.129. The van der Waals surface area contributed by atoms with Gasteiger partial charge in [-0.2, -0.15) is 0 Å². The lowest BCUT2D eigenvalue weighted by Crippen LogP contribution is -2.49. The molecule has 0 aromatic heterocycles. The first kappa shape index (κ1) is 13.9. The van der Waals surface area contributed by atoms with Crippen molar-refractivity contribution < 1.29 is 9.59 Å². The fourth-order valence-electron chi connectivity index (χ4n) is 0.868. The van der Waals surface area contributed by atoms with Gasteiger partial charge in [0, 0.05) is 6.54 Å². The molecule has 0 radical (unpaired) electrons. The summed E-state index contributed by atoms with van der Waals surface area (Å²) in [6.45, 7) is 7.83. The molecule has 88 valence electrons. The van der Waals surface area contributed by atoms with Gasteiger partial charge in [-0.1, -0.05) is 13.8 Å². The predicted molar refractivity (Wildman–Crippen MR) is 59.1 cm³/mol. The summed E-state index contributed by atoms with van der Waals surface area (Å²) < 4.78 is 0. The Morgan fingerprint density at radius 2 is 1.67 bits per heavy atom. The van der Waals surface area contributed by atoms with Gasteiger partial charge in [-0.3, -0.25) is 9.59 Å². The lowest BCUT2D eigenvalue weighted by Gasteiger charge is -2.16. The third kappa shape index (κ3) is 6.06. The number of carbonyl (C=O) groups excluding carboxylic acids is 2. The van der Waals surface area contributed by atoms with Gasteiger partial charge in [0.2, 0.25) is 11.8 Å². The Bertz CT molecular complexity index is 227. The number of carbonyl (C=O) groups is 2. The Morgan fingerprint density at radius 3 is 2.07 bits per heavy atom. The minimum Gasteiger partial charge on any atom is -0.354 e. The number of nitrogens with two attached hydrogens (primary N) is 1. The Morgan fingerprint density at radius 1 is 1.13 bits per heavy atom. The van der Waals surface area contributed by atoms with Gasteiger partial charge in [0.05, 0.1) is 6.04 Å². The highest BCUT2D eigenvalue weighted by Gasteiger charge is 2.17. The van der Waals surface area contributed by atoms with E-state index in [0.717, 1.165) is 0 Å². The highest BCUT2D eigenvalue weighted by molar-refractivity contribution is 5.89. The van der Waals surface area contributed by atoms with Crippen LogP contribution in [0.3, 0.4) is 0 Å². The van der Waals surface area contributed by atoms with E-state index in [9.17, 15) is 9.59 Å². The van der Waals surface area contributed by atoms with Crippen LogP contribution < -0.4 is 16.4 Å². The predicted octanol–water partition coefficient (Wildman–Crippen LogP) is -0.389. The summed E-state index contributed by atoms with van der Waals surface area (Å²) >= 11 is 0. The molecule has 0 rings (SSSR count). The quantitative estimate of drug-likeness (QED) is 0.584. The van der Waals surface area contributed by atoms with Crippen molar-refractivity contribution in [1.29, 1.82) is 0 Å². The molecule has 0 heterocycles. The molecule has 5 heteroatoms. The van der Waals surface area contributed by atoms with Crippen LogP contribution in [0.25, 0.3) is 0 Å². The normalized spacial score (nSPS) is 14.5. The molecule has 0 saturated carbocycles. The van der Waals surface area contributed by atoms with Gasteiger partial charge in [-0.05, 0) is 19.8 Å². The molecule has 0 aromatic rings. The van der Waals surface area contributed by atoms with E-state index in [1.807, 2.05) is 13.8 Å². The zero-order chi connectivity index (χ0) is 12.0. The minimum atomic E-state index is -0.592. The van der Waals surface area contributed by atoms with Gasteiger partial charge >= 0.3 is 0 Å². The second kappa shape index (κ2) is 6.40.